The van der Waals surface area contributed by atoms with Crippen LogP contribution in [0.4, 0.5) is 9.59 Å². The summed E-state index contributed by atoms with van der Waals surface area (Å²) in [5, 5.41) is 11.9. The van der Waals surface area contributed by atoms with Crippen molar-refractivity contribution in [1.29, 1.82) is 0 Å². The molecule has 0 aliphatic heterocycles. The molecule has 2 unspecified atom stereocenters. The molecule has 228 valence electrons. The number of amides is 4. The number of carbonyl (C=O) groups excluding carboxylic acids is 2. The normalized spacial score (nSPS) is 12.2. The molecular weight excluding hydrogens is 472 g/mol. The molecule has 0 saturated carbocycles. The van der Waals surface area contributed by atoms with Gasteiger partial charge in [-0.15, -0.1) is 0 Å². The third-order valence-electron chi connectivity index (χ3n) is 7.32. The summed E-state index contributed by atoms with van der Waals surface area (Å²) in [7, 11) is 0. The first kappa shape index (κ1) is 38.7. The molecule has 4 amide bonds. The Labute approximate surface area is 238 Å². The summed E-state index contributed by atoms with van der Waals surface area (Å²) < 4.78 is 0. The van der Waals surface area contributed by atoms with Crippen molar-refractivity contribution in [3.05, 3.63) is 0 Å². The maximum atomic E-state index is 11.6. The van der Waals surface area contributed by atoms with Gasteiger partial charge < -0.3 is 21.3 Å². The smallest absolute Gasteiger partial charge is 0.314 e. The number of carbonyl (C=O) groups is 2. The maximum Gasteiger partial charge on any atom is 0.314 e. The van der Waals surface area contributed by atoms with Gasteiger partial charge in [-0.05, 0) is 37.5 Å². The lowest BCUT2D eigenvalue weighted by Gasteiger charge is -2.15. The van der Waals surface area contributed by atoms with E-state index in [-0.39, 0.29) is 12.1 Å². The van der Waals surface area contributed by atoms with E-state index in [1.165, 1.54) is 89.9 Å². The average Bonchev–Trinajstić information content (AvgIpc) is 2.93. The lowest BCUT2D eigenvalue weighted by molar-refractivity contribution is 0.237. The first-order valence-electron chi connectivity index (χ1n) is 16.5. The lowest BCUT2D eigenvalue weighted by Crippen LogP contribution is -2.38. The summed E-state index contributed by atoms with van der Waals surface area (Å²) >= 11 is 0. The molecular formula is C32H68N4O2. The quantitative estimate of drug-likeness (QED) is 0.0921. The zero-order valence-corrected chi connectivity index (χ0v) is 26.5. The molecule has 0 heterocycles. The highest BCUT2D eigenvalue weighted by atomic mass is 16.2. The standard InChI is InChI=1S/2C16H34N2O/c2*1-4-7-9-10-11-13-17-16(19)18-14-15(6-3)12-8-5-2/h2*15H,4-14H2,1-3H3,(H2,17,18,19). The monoisotopic (exact) mass is 541 g/mol. The summed E-state index contributed by atoms with van der Waals surface area (Å²) in [4.78, 5) is 23.2. The highest BCUT2D eigenvalue weighted by Crippen LogP contribution is 2.12. The third kappa shape index (κ3) is 29.1. The van der Waals surface area contributed by atoms with Crippen molar-refractivity contribution in [3.63, 3.8) is 0 Å². The van der Waals surface area contributed by atoms with E-state index in [1.807, 2.05) is 0 Å². The molecule has 0 saturated heterocycles. The van der Waals surface area contributed by atoms with Gasteiger partial charge in [0.2, 0.25) is 0 Å². The Morgan fingerprint density at radius 1 is 0.447 bits per heavy atom. The van der Waals surface area contributed by atoms with Crippen LogP contribution in [0.1, 0.15) is 157 Å². The van der Waals surface area contributed by atoms with Gasteiger partial charge in [-0.25, -0.2) is 9.59 Å². The van der Waals surface area contributed by atoms with Crippen molar-refractivity contribution >= 4 is 12.1 Å². The molecule has 0 aliphatic carbocycles. The number of nitrogens with one attached hydrogen (secondary N) is 4. The summed E-state index contributed by atoms with van der Waals surface area (Å²) in [5.41, 5.74) is 0. The second kappa shape index (κ2) is 31.8. The fourth-order valence-corrected chi connectivity index (χ4v) is 4.35. The highest BCUT2D eigenvalue weighted by Gasteiger charge is 2.08. The summed E-state index contributed by atoms with van der Waals surface area (Å²) in [6.07, 6.45) is 22.1. The van der Waals surface area contributed by atoms with E-state index >= 15 is 0 Å². The number of urea groups is 2. The van der Waals surface area contributed by atoms with Gasteiger partial charge in [0.1, 0.15) is 0 Å². The lowest BCUT2D eigenvalue weighted by atomic mass is 9.99. The minimum atomic E-state index is 0.00504. The number of hydrogen-bond donors (Lipinski definition) is 4. The van der Waals surface area contributed by atoms with E-state index in [0.29, 0.717) is 11.8 Å². The van der Waals surface area contributed by atoms with Crippen molar-refractivity contribution in [2.75, 3.05) is 26.2 Å². The van der Waals surface area contributed by atoms with Crippen LogP contribution in [-0.4, -0.2) is 38.2 Å². The Bertz CT molecular complexity index is 458. The molecule has 0 bridgehead atoms. The molecule has 0 rings (SSSR count). The van der Waals surface area contributed by atoms with Crippen molar-refractivity contribution in [3.8, 4) is 0 Å². The predicted octanol–water partition coefficient (Wildman–Crippen LogP) is 8.94. The average molecular weight is 541 g/mol. The van der Waals surface area contributed by atoms with Crippen molar-refractivity contribution in [2.24, 2.45) is 11.8 Å². The molecule has 4 N–H and O–H groups in total. The molecule has 0 aromatic carbocycles. The molecule has 0 spiro atoms. The highest BCUT2D eigenvalue weighted by molar-refractivity contribution is 5.74. The topological polar surface area (TPSA) is 82.3 Å². The van der Waals surface area contributed by atoms with Crippen LogP contribution in [0.5, 0.6) is 0 Å². The number of unbranched alkanes of at least 4 members (excludes halogenated alkanes) is 10. The minimum Gasteiger partial charge on any atom is -0.338 e. The SMILES string of the molecule is CCCCCCCNC(=O)NCC(CC)CCCC.CCCCCCCNC(=O)NCC(CC)CCCC. The first-order chi connectivity index (χ1) is 18.5. The number of hydrogen-bond acceptors (Lipinski definition) is 2. The van der Waals surface area contributed by atoms with E-state index in [0.717, 1.165) is 51.9 Å². The summed E-state index contributed by atoms with van der Waals surface area (Å²) in [6, 6.07) is 0.0101. The van der Waals surface area contributed by atoms with Gasteiger partial charge >= 0.3 is 12.1 Å². The zero-order valence-electron chi connectivity index (χ0n) is 26.5. The fraction of sp³-hybridized carbons (Fsp3) is 0.938. The van der Waals surface area contributed by atoms with Crippen LogP contribution < -0.4 is 21.3 Å². The zero-order chi connectivity index (χ0) is 28.7. The second-order valence-corrected chi connectivity index (χ2v) is 10.9. The molecule has 0 aliphatic rings. The first-order valence-corrected chi connectivity index (χ1v) is 16.5. The second-order valence-electron chi connectivity index (χ2n) is 10.9. The van der Waals surface area contributed by atoms with E-state index < -0.39 is 0 Å². The fourth-order valence-electron chi connectivity index (χ4n) is 4.35. The van der Waals surface area contributed by atoms with Gasteiger partial charge in [0, 0.05) is 26.2 Å². The van der Waals surface area contributed by atoms with Gasteiger partial charge in [-0.1, -0.05) is 131 Å². The van der Waals surface area contributed by atoms with Gasteiger partial charge in [-0.2, -0.15) is 0 Å². The predicted molar refractivity (Wildman–Crippen MR) is 167 cm³/mol. The van der Waals surface area contributed by atoms with Crippen molar-refractivity contribution < 1.29 is 9.59 Å². The minimum absolute atomic E-state index is 0.00504. The van der Waals surface area contributed by atoms with Crippen molar-refractivity contribution in [1.82, 2.24) is 21.3 Å². The molecule has 38 heavy (non-hydrogen) atoms. The van der Waals surface area contributed by atoms with E-state index in [4.69, 9.17) is 0 Å². The van der Waals surface area contributed by atoms with Crippen LogP contribution in [0, 0.1) is 11.8 Å². The van der Waals surface area contributed by atoms with Crippen LogP contribution in [-0.2, 0) is 0 Å². The molecule has 0 aromatic rings. The van der Waals surface area contributed by atoms with E-state index in [2.05, 4.69) is 62.8 Å². The molecule has 2 atom stereocenters. The van der Waals surface area contributed by atoms with Crippen LogP contribution in [0.25, 0.3) is 0 Å². The third-order valence-corrected chi connectivity index (χ3v) is 7.32. The Morgan fingerprint density at radius 2 is 0.789 bits per heavy atom. The Balaban J connectivity index is 0. The molecule has 6 heteroatoms. The van der Waals surface area contributed by atoms with Crippen LogP contribution in [0.15, 0.2) is 0 Å². The Hall–Kier alpha value is -1.46. The summed E-state index contributed by atoms with van der Waals surface area (Å²) in [6.45, 7) is 16.5. The largest absolute Gasteiger partial charge is 0.338 e. The van der Waals surface area contributed by atoms with Crippen molar-refractivity contribution in [2.45, 2.75) is 157 Å². The van der Waals surface area contributed by atoms with Crippen LogP contribution in [0.2, 0.25) is 0 Å². The van der Waals surface area contributed by atoms with Gasteiger partial charge in [0.05, 0.1) is 0 Å². The van der Waals surface area contributed by atoms with E-state index in [1.54, 1.807) is 0 Å². The molecule has 0 radical (unpaired) electrons. The Morgan fingerprint density at radius 3 is 1.11 bits per heavy atom. The van der Waals surface area contributed by atoms with Gasteiger partial charge in [0.25, 0.3) is 0 Å². The summed E-state index contributed by atoms with van der Waals surface area (Å²) in [5.74, 6) is 1.27. The van der Waals surface area contributed by atoms with Gasteiger partial charge in [-0.3, -0.25) is 0 Å². The molecule has 0 fully saturated rings. The van der Waals surface area contributed by atoms with Gasteiger partial charge in [0.15, 0.2) is 0 Å². The van der Waals surface area contributed by atoms with Crippen LogP contribution in [0.3, 0.4) is 0 Å². The maximum absolute atomic E-state index is 11.6. The Kier molecular flexibility index (Phi) is 32.3. The number of rotatable bonds is 24. The molecule has 0 aromatic heterocycles. The van der Waals surface area contributed by atoms with E-state index in [9.17, 15) is 9.59 Å². The van der Waals surface area contributed by atoms with Crippen LogP contribution >= 0.6 is 0 Å². The molecule has 6 nitrogen and oxygen atoms in total.